The fourth-order valence-corrected chi connectivity index (χ4v) is 9.88. The van der Waals surface area contributed by atoms with Gasteiger partial charge in [-0.25, -0.2) is 0 Å². The molecule has 0 atom stereocenters. The predicted molar refractivity (Wildman–Crippen MR) is 87.1 cm³/mol. The maximum atomic E-state index is 2.79. The predicted octanol–water partition coefficient (Wildman–Crippen LogP) is 5.77. The van der Waals surface area contributed by atoms with Crippen LogP contribution in [0.1, 0.15) is 58.8 Å². The van der Waals surface area contributed by atoms with Gasteiger partial charge in [0.1, 0.15) is 0 Å². The standard InChI is InChI=1S/C13H28NPS2/c1-3-5-12-16-15(17-13-6-4-2)14-10-8-7-9-11-14/h3-13H2,1-2H3. The average Bonchev–Trinajstić information content (AvgIpc) is 2.38. The molecule has 1 fully saturated rings. The molecule has 1 aliphatic heterocycles. The molecule has 0 aromatic carbocycles. The molecule has 1 rings (SSSR count). The van der Waals surface area contributed by atoms with Crippen LogP contribution in [-0.4, -0.2) is 29.3 Å². The zero-order valence-corrected chi connectivity index (χ0v) is 14.0. The molecule has 17 heavy (non-hydrogen) atoms. The molecular weight excluding hydrogens is 265 g/mol. The van der Waals surface area contributed by atoms with Gasteiger partial charge in [0.25, 0.3) is 0 Å². The van der Waals surface area contributed by atoms with Crippen LogP contribution in [0.4, 0.5) is 0 Å². The Morgan fingerprint density at radius 3 is 1.88 bits per heavy atom. The second-order valence-electron chi connectivity index (χ2n) is 4.63. The first kappa shape index (κ1) is 16.1. The Morgan fingerprint density at radius 2 is 1.41 bits per heavy atom. The number of unbranched alkanes of at least 4 members (excludes halogenated alkanes) is 2. The van der Waals surface area contributed by atoms with Crippen LogP contribution in [-0.2, 0) is 0 Å². The molecule has 4 heteroatoms. The van der Waals surface area contributed by atoms with E-state index in [1.165, 1.54) is 69.5 Å². The van der Waals surface area contributed by atoms with Crippen molar-refractivity contribution in [3.63, 3.8) is 0 Å². The van der Waals surface area contributed by atoms with E-state index < -0.39 is 0 Å². The van der Waals surface area contributed by atoms with Crippen LogP contribution in [0.3, 0.4) is 0 Å². The van der Waals surface area contributed by atoms with Gasteiger partial charge < -0.3 is 0 Å². The van der Waals surface area contributed by atoms with E-state index in [-0.39, 0.29) is 6.48 Å². The maximum absolute atomic E-state index is 2.79. The molecule has 0 aromatic heterocycles. The van der Waals surface area contributed by atoms with E-state index in [1.807, 2.05) is 0 Å². The monoisotopic (exact) mass is 293 g/mol. The Bertz CT molecular complexity index is 165. The largest absolute Gasteiger partial charge is 0.265 e. The molecule has 1 heterocycles. The summed E-state index contributed by atoms with van der Waals surface area (Å²) >= 11 is 4.51. The minimum atomic E-state index is 0.0646. The molecular formula is C13H28NPS2. The summed E-state index contributed by atoms with van der Waals surface area (Å²) in [6.45, 7) is 7.39. The third-order valence-corrected chi connectivity index (χ3v) is 10.9. The molecule has 1 saturated heterocycles. The average molecular weight is 293 g/mol. The summed E-state index contributed by atoms with van der Waals surface area (Å²) < 4.78 is 2.79. The maximum Gasteiger partial charge on any atom is 0.0875 e. The van der Waals surface area contributed by atoms with Gasteiger partial charge >= 0.3 is 0 Å². The summed E-state index contributed by atoms with van der Waals surface area (Å²) in [6, 6.07) is 0. The molecule has 0 bridgehead atoms. The van der Waals surface area contributed by atoms with Crippen LogP contribution in [0.2, 0.25) is 0 Å². The topological polar surface area (TPSA) is 3.24 Å². The molecule has 1 aliphatic rings. The summed E-state index contributed by atoms with van der Waals surface area (Å²) in [5.41, 5.74) is 0. The molecule has 102 valence electrons. The first-order valence-electron chi connectivity index (χ1n) is 7.19. The van der Waals surface area contributed by atoms with Crippen molar-refractivity contribution < 1.29 is 0 Å². The quantitative estimate of drug-likeness (QED) is 0.393. The number of rotatable bonds is 9. The second kappa shape index (κ2) is 11.0. The van der Waals surface area contributed by atoms with Crippen molar-refractivity contribution in [3.8, 4) is 0 Å². The third-order valence-electron chi connectivity index (χ3n) is 2.96. The van der Waals surface area contributed by atoms with Gasteiger partial charge in [0.15, 0.2) is 0 Å². The van der Waals surface area contributed by atoms with Gasteiger partial charge in [0, 0.05) is 13.1 Å². The van der Waals surface area contributed by atoms with E-state index in [0.717, 1.165) is 0 Å². The smallest absolute Gasteiger partial charge is 0.0875 e. The van der Waals surface area contributed by atoms with Gasteiger partial charge in [0.05, 0.1) is 6.48 Å². The zero-order chi connectivity index (χ0) is 12.3. The van der Waals surface area contributed by atoms with Crippen LogP contribution in [0.25, 0.3) is 0 Å². The Hall–Kier alpha value is 1.09. The van der Waals surface area contributed by atoms with Crippen molar-refractivity contribution in [3.05, 3.63) is 0 Å². The summed E-state index contributed by atoms with van der Waals surface area (Å²) in [6.07, 6.45) is 9.80. The van der Waals surface area contributed by atoms with Crippen LogP contribution in [0.15, 0.2) is 0 Å². The van der Waals surface area contributed by atoms with Gasteiger partial charge in [-0.3, -0.25) is 4.67 Å². The van der Waals surface area contributed by atoms with E-state index in [4.69, 9.17) is 0 Å². The van der Waals surface area contributed by atoms with Crippen LogP contribution >= 0.6 is 29.2 Å². The Morgan fingerprint density at radius 1 is 0.882 bits per heavy atom. The fraction of sp³-hybridized carbons (Fsp3) is 1.00. The van der Waals surface area contributed by atoms with E-state index in [1.54, 1.807) is 0 Å². The first-order valence-corrected chi connectivity index (χ1v) is 11.7. The summed E-state index contributed by atoms with van der Waals surface area (Å²) in [5, 5.41) is 0. The number of hydrogen-bond donors (Lipinski definition) is 0. The highest BCUT2D eigenvalue weighted by Crippen LogP contribution is 2.64. The molecule has 0 N–H and O–H groups in total. The minimum Gasteiger partial charge on any atom is -0.265 e. The van der Waals surface area contributed by atoms with E-state index >= 15 is 0 Å². The lowest BCUT2D eigenvalue weighted by atomic mass is 10.2. The van der Waals surface area contributed by atoms with Crippen molar-refractivity contribution >= 4 is 29.2 Å². The molecule has 0 saturated carbocycles. The number of hydrogen-bond acceptors (Lipinski definition) is 3. The summed E-state index contributed by atoms with van der Waals surface area (Å²) in [4.78, 5) is 0. The molecule has 0 aromatic rings. The number of nitrogens with zero attached hydrogens (tertiary/aromatic N) is 1. The van der Waals surface area contributed by atoms with E-state index in [2.05, 4.69) is 41.3 Å². The summed E-state index contributed by atoms with van der Waals surface area (Å²) in [5.74, 6) is 2.75. The molecule has 0 radical (unpaired) electrons. The SMILES string of the molecule is CCCCSP(SCCCC)N1CCCCC1. The second-order valence-corrected chi connectivity index (χ2v) is 11.3. The molecule has 0 spiro atoms. The third kappa shape index (κ3) is 7.30. The highest BCUT2D eigenvalue weighted by atomic mass is 33.1. The lowest BCUT2D eigenvalue weighted by Gasteiger charge is -2.33. The van der Waals surface area contributed by atoms with E-state index in [0.29, 0.717) is 0 Å². The van der Waals surface area contributed by atoms with Gasteiger partial charge in [-0.05, 0) is 37.2 Å². The normalized spacial score (nSPS) is 17.8. The molecule has 0 amide bonds. The van der Waals surface area contributed by atoms with Crippen molar-refractivity contribution in [1.82, 2.24) is 4.67 Å². The van der Waals surface area contributed by atoms with Crippen molar-refractivity contribution in [2.75, 3.05) is 24.6 Å². The van der Waals surface area contributed by atoms with Crippen LogP contribution < -0.4 is 0 Å². The lowest BCUT2D eigenvalue weighted by Crippen LogP contribution is -2.23. The fourth-order valence-electron chi connectivity index (χ4n) is 1.82. The molecule has 0 unspecified atom stereocenters. The van der Waals surface area contributed by atoms with Crippen molar-refractivity contribution in [1.29, 1.82) is 0 Å². The van der Waals surface area contributed by atoms with E-state index in [9.17, 15) is 0 Å². The number of piperidine rings is 1. The van der Waals surface area contributed by atoms with Crippen LogP contribution in [0, 0.1) is 0 Å². The van der Waals surface area contributed by atoms with Gasteiger partial charge in [0.2, 0.25) is 0 Å². The van der Waals surface area contributed by atoms with Gasteiger partial charge in [-0.2, -0.15) is 0 Å². The zero-order valence-electron chi connectivity index (χ0n) is 11.5. The highest BCUT2D eigenvalue weighted by molar-refractivity contribution is 8.87. The Balaban J connectivity index is 2.27. The Labute approximate surface area is 117 Å². The minimum absolute atomic E-state index is 0.0646. The summed E-state index contributed by atoms with van der Waals surface area (Å²) in [7, 11) is 0. The van der Waals surface area contributed by atoms with Crippen molar-refractivity contribution in [2.45, 2.75) is 58.8 Å². The van der Waals surface area contributed by atoms with Crippen LogP contribution in [0.5, 0.6) is 0 Å². The van der Waals surface area contributed by atoms with Gasteiger partial charge in [-0.15, -0.1) is 22.8 Å². The highest BCUT2D eigenvalue weighted by Gasteiger charge is 2.21. The molecule has 0 aliphatic carbocycles. The van der Waals surface area contributed by atoms with Gasteiger partial charge in [-0.1, -0.05) is 33.1 Å². The Kier molecular flexibility index (Phi) is 10.4. The first-order chi connectivity index (χ1) is 8.38. The molecule has 1 nitrogen and oxygen atoms in total. The lowest BCUT2D eigenvalue weighted by molar-refractivity contribution is 0.377. The van der Waals surface area contributed by atoms with Crippen molar-refractivity contribution in [2.24, 2.45) is 0 Å².